The summed E-state index contributed by atoms with van der Waals surface area (Å²) in [5.74, 6) is 0.0919. The summed E-state index contributed by atoms with van der Waals surface area (Å²) in [6.07, 6.45) is 8.65. The second-order valence-electron chi connectivity index (χ2n) is 5.27. The molecule has 1 saturated heterocycles. The molecule has 1 aliphatic rings. The number of aryl methyl sites for hydroxylation is 1. The van der Waals surface area contributed by atoms with E-state index in [4.69, 9.17) is 0 Å². The van der Waals surface area contributed by atoms with Crippen LogP contribution in [0.25, 0.3) is 6.08 Å². The van der Waals surface area contributed by atoms with Crippen LogP contribution in [0.15, 0.2) is 35.9 Å². The second-order valence-corrected chi connectivity index (χ2v) is 6.25. The quantitative estimate of drug-likeness (QED) is 0.816. The minimum absolute atomic E-state index is 0.0919. The first kappa shape index (κ1) is 14.1. The number of rotatable bonds is 3. The van der Waals surface area contributed by atoms with Gasteiger partial charge in [0.05, 0.1) is 11.7 Å². The first-order chi connectivity index (χ1) is 10.3. The molecule has 1 aliphatic heterocycles. The summed E-state index contributed by atoms with van der Waals surface area (Å²) in [5, 5.41) is 6.25. The van der Waals surface area contributed by atoms with Crippen molar-refractivity contribution in [1.29, 1.82) is 0 Å². The van der Waals surface area contributed by atoms with E-state index in [2.05, 4.69) is 5.10 Å². The average Bonchev–Trinajstić information content (AvgIpc) is 3.16. The molecule has 3 rings (SSSR count). The molecule has 0 spiro atoms. The van der Waals surface area contributed by atoms with E-state index in [-0.39, 0.29) is 11.9 Å². The van der Waals surface area contributed by atoms with E-state index >= 15 is 0 Å². The number of likely N-dealkylation sites (tertiary alicyclic amines) is 1. The monoisotopic (exact) mass is 301 g/mol. The molecule has 0 aliphatic carbocycles. The fourth-order valence-corrected chi connectivity index (χ4v) is 3.47. The number of piperidine rings is 1. The highest BCUT2D eigenvalue weighted by atomic mass is 32.1. The Kier molecular flexibility index (Phi) is 4.20. The van der Waals surface area contributed by atoms with Crippen molar-refractivity contribution in [3.05, 3.63) is 46.4 Å². The lowest BCUT2D eigenvalue weighted by Crippen LogP contribution is -2.38. The number of carbonyl (C=O) groups is 1. The maximum atomic E-state index is 12.5. The van der Waals surface area contributed by atoms with Crippen molar-refractivity contribution in [2.24, 2.45) is 7.05 Å². The van der Waals surface area contributed by atoms with Crippen LogP contribution in [0.2, 0.25) is 0 Å². The maximum absolute atomic E-state index is 12.5. The molecule has 0 radical (unpaired) electrons. The molecule has 0 N–H and O–H groups in total. The van der Waals surface area contributed by atoms with Crippen LogP contribution >= 0.6 is 11.3 Å². The molecule has 2 aromatic heterocycles. The average molecular weight is 301 g/mol. The summed E-state index contributed by atoms with van der Waals surface area (Å²) < 4.78 is 1.87. The Morgan fingerprint density at radius 1 is 1.43 bits per heavy atom. The predicted octanol–water partition coefficient (Wildman–Crippen LogP) is 3.25. The number of carbonyl (C=O) groups excluding carboxylic acids is 1. The van der Waals surface area contributed by atoms with Crippen molar-refractivity contribution in [3.8, 4) is 0 Å². The number of nitrogens with zero attached hydrogens (tertiary/aromatic N) is 3. The highest BCUT2D eigenvalue weighted by Crippen LogP contribution is 2.30. The molecule has 3 heterocycles. The molecule has 0 saturated carbocycles. The van der Waals surface area contributed by atoms with E-state index in [1.807, 2.05) is 46.3 Å². The largest absolute Gasteiger partial charge is 0.331 e. The van der Waals surface area contributed by atoms with Gasteiger partial charge in [-0.3, -0.25) is 9.48 Å². The van der Waals surface area contributed by atoms with Gasteiger partial charge in [0.2, 0.25) is 5.91 Å². The third-order valence-corrected chi connectivity index (χ3v) is 4.76. The van der Waals surface area contributed by atoms with Crippen LogP contribution in [-0.2, 0) is 11.8 Å². The highest BCUT2D eigenvalue weighted by Gasteiger charge is 2.28. The van der Waals surface area contributed by atoms with Crippen LogP contribution in [0.4, 0.5) is 0 Å². The van der Waals surface area contributed by atoms with E-state index in [0.717, 1.165) is 36.4 Å². The van der Waals surface area contributed by atoms with Gasteiger partial charge in [-0.2, -0.15) is 5.10 Å². The SMILES string of the molecule is Cn1nccc1C1CCCCN1C(=O)/C=C/c1cccs1. The summed E-state index contributed by atoms with van der Waals surface area (Å²) in [5.41, 5.74) is 1.12. The third kappa shape index (κ3) is 3.08. The summed E-state index contributed by atoms with van der Waals surface area (Å²) >= 11 is 1.64. The van der Waals surface area contributed by atoms with Gasteiger partial charge >= 0.3 is 0 Å². The minimum atomic E-state index is 0.0919. The Hall–Kier alpha value is -1.88. The fraction of sp³-hybridized carbons (Fsp3) is 0.375. The summed E-state index contributed by atoms with van der Waals surface area (Å²) in [6, 6.07) is 6.17. The molecule has 21 heavy (non-hydrogen) atoms. The topological polar surface area (TPSA) is 38.1 Å². The number of aromatic nitrogens is 2. The highest BCUT2D eigenvalue weighted by molar-refractivity contribution is 7.10. The Morgan fingerprint density at radius 3 is 3.05 bits per heavy atom. The van der Waals surface area contributed by atoms with Crippen molar-refractivity contribution in [2.45, 2.75) is 25.3 Å². The molecule has 0 aromatic carbocycles. The zero-order chi connectivity index (χ0) is 14.7. The number of hydrogen-bond donors (Lipinski definition) is 0. The molecule has 0 bridgehead atoms. The molecule has 4 nitrogen and oxygen atoms in total. The smallest absolute Gasteiger partial charge is 0.247 e. The van der Waals surface area contributed by atoms with Gasteiger partial charge in [-0.25, -0.2) is 0 Å². The van der Waals surface area contributed by atoms with Gasteiger partial charge in [-0.1, -0.05) is 6.07 Å². The molecule has 1 amide bonds. The Bertz CT molecular complexity index is 630. The van der Waals surface area contributed by atoms with Gasteiger partial charge < -0.3 is 4.90 Å². The maximum Gasteiger partial charge on any atom is 0.247 e. The van der Waals surface area contributed by atoms with Crippen LogP contribution < -0.4 is 0 Å². The molecular formula is C16H19N3OS. The number of thiophene rings is 1. The van der Waals surface area contributed by atoms with Crippen molar-refractivity contribution in [3.63, 3.8) is 0 Å². The third-order valence-electron chi connectivity index (χ3n) is 3.92. The van der Waals surface area contributed by atoms with Crippen molar-refractivity contribution < 1.29 is 4.79 Å². The zero-order valence-electron chi connectivity index (χ0n) is 12.1. The van der Waals surface area contributed by atoms with Crippen LogP contribution in [-0.4, -0.2) is 27.1 Å². The number of amides is 1. The molecular weight excluding hydrogens is 282 g/mol. The first-order valence-corrected chi connectivity index (χ1v) is 8.14. The van der Waals surface area contributed by atoms with Gasteiger partial charge in [0.1, 0.15) is 0 Å². The van der Waals surface area contributed by atoms with Crippen molar-refractivity contribution in [2.75, 3.05) is 6.54 Å². The lowest BCUT2D eigenvalue weighted by atomic mass is 9.99. The van der Waals surface area contributed by atoms with Gasteiger partial charge in [-0.05, 0) is 42.9 Å². The molecule has 110 valence electrons. The van der Waals surface area contributed by atoms with Crippen molar-refractivity contribution in [1.82, 2.24) is 14.7 Å². The molecule has 1 unspecified atom stereocenters. The minimum Gasteiger partial charge on any atom is -0.331 e. The van der Waals surface area contributed by atoms with Gasteiger partial charge in [0, 0.05) is 30.7 Å². The first-order valence-electron chi connectivity index (χ1n) is 7.26. The number of hydrogen-bond acceptors (Lipinski definition) is 3. The summed E-state index contributed by atoms with van der Waals surface area (Å²) in [7, 11) is 1.94. The van der Waals surface area contributed by atoms with Crippen LogP contribution in [0, 0.1) is 0 Å². The van der Waals surface area contributed by atoms with Crippen LogP contribution in [0.3, 0.4) is 0 Å². The van der Waals surface area contributed by atoms with Gasteiger partial charge in [0.15, 0.2) is 0 Å². The Morgan fingerprint density at radius 2 is 2.33 bits per heavy atom. The van der Waals surface area contributed by atoms with Gasteiger partial charge in [0.25, 0.3) is 0 Å². The Labute approximate surface area is 128 Å². The molecule has 1 fully saturated rings. The van der Waals surface area contributed by atoms with E-state index < -0.39 is 0 Å². The molecule has 2 aromatic rings. The zero-order valence-corrected chi connectivity index (χ0v) is 12.9. The van der Waals surface area contributed by atoms with E-state index in [9.17, 15) is 4.79 Å². The molecule has 5 heteroatoms. The van der Waals surface area contributed by atoms with E-state index in [1.54, 1.807) is 23.6 Å². The van der Waals surface area contributed by atoms with Gasteiger partial charge in [-0.15, -0.1) is 11.3 Å². The fourth-order valence-electron chi connectivity index (χ4n) is 2.85. The Balaban J connectivity index is 1.78. The van der Waals surface area contributed by atoms with E-state index in [1.165, 1.54) is 0 Å². The summed E-state index contributed by atoms with van der Waals surface area (Å²) in [6.45, 7) is 0.823. The normalized spacial score (nSPS) is 19.3. The summed E-state index contributed by atoms with van der Waals surface area (Å²) in [4.78, 5) is 15.6. The van der Waals surface area contributed by atoms with Crippen LogP contribution in [0.1, 0.15) is 35.9 Å². The second kappa shape index (κ2) is 6.26. The lowest BCUT2D eigenvalue weighted by molar-refractivity contribution is -0.129. The standard InChI is InChI=1S/C16H19N3OS/c1-18-14(9-10-17-18)15-6-2-3-11-19(15)16(20)8-7-13-5-4-12-21-13/h4-5,7-10,12,15H,2-3,6,11H2,1H3/b8-7+. The molecule has 1 atom stereocenters. The van der Waals surface area contributed by atoms with E-state index in [0.29, 0.717) is 0 Å². The predicted molar refractivity (Wildman–Crippen MR) is 84.9 cm³/mol. The lowest BCUT2D eigenvalue weighted by Gasteiger charge is -2.35. The van der Waals surface area contributed by atoms with Crippen LogP contribution in [0.5, 0.6) is 0 Å². The van der Waals surface area contributed by atoms with Crippen molar-refractivity contribution >= 4 is 23.3 Å².